The summed E-state index contributed by atoms with van der Waals surface area (Å²) in [4.78, 5) is 31.3. The van der Waals surface area contributed by atoms with Crippen LogP contribution in [0.4, 0.5) is 10.2 Å². The highest BCUT2D eigenvalue weighted by Gasteiger charge is 2.18. The van der Waals surface area contributed by atoms with Crippen LogP contribution in [0.3, 0.4) is 0 Å². The summed E-state index contributed by atoms with van der Waals surface area (Å²) in [5, 5.41) is 7.10. The van der Waals surface area contributed by atoms with Crippen molar-refractivity contribution in [2.45, 2.75) is 19.8 Å². The summed E-state index contributed by atoms with van der Waals surface area (Å²) in [6, 6.07) is 12.0. The fourth-order valence-electron chi connectivity index (χ4n) is 3.18. The van der Waals surface area contributed by atoms with Gasteiger partial charge in [-0.15, -0.1) is 0 Å². The van der Waals surface area contributed by atoms with Gasteiger partial charge in [-0.3, -0.25) is 4.79 Å². The molecule has 4 rings (SSSR count). The number of imidazole rings is 1. The van der Waals surface area contributed by atoms with Crippen molar-refractivity contribution in [1.29, 1.82) is 0 Å². The number of carbonyl (C=O) groups is 2. The molecule has 0 saturated heterocycles. The largest absolute Gasteiger partial charge is 0.311 e. The topological polar surface area (TPSA) is 89.2 Å². The molecule has 0 aliphatic carbocycles. The molecule has 0 bridgehead atoms. The minimum atomic E-state index is -0.294. The van der Waals surface area contributed by atoms with Gasteiger partial charge in [0.05, 0.1) is 5.69 Å². The van der Waals surface area contributed by atoms with Crippen LogP contribution in [0.15, 0.2) is 54.9 Å². The molecule has 1 N–H and O–H groups in total. The summed E-state index contributed by atoms with van der Waals surface area (Å²) < 4.78 is 15.5. The van der Waals surface area contributed by atoms with E-state index < -0.39 is 0 Å². The molecule has 7 nitrogen and oxygen atoms in total. The van der Waals surface area contributed by atoms with Crippen LogP contribution >= 0.6 is 0 Å². The average molecular weight is 403 g/mol. The number of nitrogens with one attached hydrogen (secondary N) is 1. The Bertz CT molecular complexity index is 1250. The Kier molecular flexibility index (Phi) is 5.30. The number of aryl methyl sites for hydroxylation is 1. The fraction of sp³-hybridized carbons (Fsp3) is 0.136. The maximum absolute atomic E-state index is 13.8. The van der Waals surface area contributed by atoms with Crippen LogP contribution in [0.5, 0.6) is 0 Å². The van der Waals surface area contributed by atoms with Crippen molar-refractivity contribution in [3.63, 3.8) is 0 Å². The zero-order chi connectivity index (χ0) is 21.1. The van der Waals surface area contributed by atoms with E-state index in [9.17, 15) is 14.0 Å². The van der Waals surface area contributed by atoms with Gasteiger partial charge in [-0.2, -0.15) is 5.10 Å². The third-order valence-corrected chi connectivity index (χ3v) is 4.61. The Morgan fingerprint density at radius 2 is 2.03 bits per heavy atom. The third kappa shape index (κ3) is 3.80. The van der Waals surface area contributed by atoms with E-state index in [-0.39, 0.29) is 24.6 Å². The monoisotopic (exact) mass is 403 g/mol. The standard InChI is InChI=1S/C22H18FN5O2/c1-14-12-15(6-7-17(14)23)21-22(28-19(27-21)4-2-9-25-28)16-8-10-24-18(13-16)26-20(30)5-3-11-29/h2,4,6-13H,3,5H2,1H3,(H,24,26,30). The SMILES string of the molecule is Cc1cc(-c2nc3cccnn3c2-c2ccnc(NC(=O)CCC=O)c2)ccc1F. The molecule has 1 amide bonds. The molecule has 0 spiro atoms. The molecule has 0 radical (unpaired) electrons. The van der Waals surface area contributed by atoms with E-state index in [0.29, 0.717) is 34.7 Å². The summed E-state index contributed by atoms with van der Waals surface area (Å²) in [6.45, 7) is 1.70. The number of benzene rings is 1. The maximum atomic E-state index is 13.8. The van der Waals surface area contributed by atoms with E-state index in [1.54, 1.807) is 54.2 Å². The van der Waals surface area contributed by atoms with Crippen LogP contribution in [0.2, 0.25) is 0 Å². The molecule has 0 atom stereocenters. The van der Waals surface area contributed by atoms with Crippen LogP contribution in [0.1, 0.15) is 18.4 Å². The van der Waals surface area contributed by atoms with Gasteiger partial charge in [0.25, 0.3) is 0 Å². The molecular formula is C22H18FN5O2. The molecule has 1 aromatic carbocycles. The highest BCUT2D eigenvalue weighted by molar-refractivity contribution is 5.92. The predicted octanol–water partition coefficient (Wildman–Crippen LogP) is 3.82. The summed E-state index contributed by atoms with van der Waals surface area (Å²) >= 11 is 0. The van der Waals surface area contributed by atoms with Crippen LogP contribution in [-0.4, -0.2) is 31.8 Å². The predicted molar refractivity (Wildman–Crippen MR) is 110 cm³/mol. The van der Waals surface area contributed by atoms with Crippen LogP contribution in [0.25, 0.3) is 28.2 Å². The zero-order valence-corrected chi connectivity index (χ0v) is 16.2. The van der Waals surface area contributed by atoms with E-state index in [4.69, 9.17) is 4.98 Å². The number of amides is 1. The number of aldehydes is 1. The first-order valence-electron chi connectivity index (χ1n) is 9.37. The Labute approximate surface area is 171 Å². The molecule has 4 aromatic rings. The number of carbonyl (C=O) groups excluding carboxylic acids is 2. The van der Waals surface area contributed by atoms with E-state index in [1.165, 1.54) is 6.07 Å². The van der Waals surface area contributed by atoms with Crippen LogP contribution in [0, 0.1) is 12.7 Å². The Morgan fingerprint density at radius 3 is 2.83 bits per heavy atom. The molecule has 3 heterocycles. The summed E-state index contributed by atoms with van der Waals surface area (Å²) in [7, 11) is 0. The number of aromatic nitrogens is 4. The first kappa shape index (κ1) is 19.4. The van der Waals surface area contributed by atoms with Crippen molar-refractivity contribution in [1.82, 2.24) is 19.6 Å². The molecule has 30 heavy (non-hydrogen) atoms. The lowest BCUT2D eigenvalue weighted by Gasteiger charge is -2.08. The van der Waals surface area contributed by atoms with Crippen molar-refractivity contribution in [2.75, 3.05) is 5.32 Å². The van der Waals surface area contributed by atoms with Crippen molar-refractivity contribution < 1.29 is 14.0 Å². The molecule has 0 aliphatic rings. The van der Waals surface area contributed by atoms with Gasteiger partial charge in [-0.05, 0) is 55.0 Å². The van der Waals surface area contributed by atoms with Gasteiger partial charge < -0.3 is 10.1 Å². The number of hydrogen-bond donors (Lipinski definition) is 1. The Hall–Kier alpha value is -3.94. The second kappa shape index (κ2) is 8.20. The van der Waals surface area contributed by atoms with Gasteiger partial charge in [0.2, 0.25) is 5.91 Å². The first-order chi connectivity index (χ1) is 14.6. The van der Waals surface area contributed by atoms with E-state index in [1.807, 2.05) is 6.07 Å². The molecule has 8 heteroatoms. The zero-order valence-electron chi connectivity index (χ0n) is 16.2. The van der Waals surface area contributed by atoms with E-state index in [0.717, 1.165) is 11.1 Å². The fourth-order valence-corrected chi connectivity index (χ4v) is 3.18. The van der Waals surface area contributed by atoms with Gasteiger partial charge in [-0.25, -0.2) is 18.9 Å². The number of halogens is 1. The first-order valence-corrected chi connectivity index (χ1v) is 9.37. The molecule has 150 valence electrons. The van der Waals surface area contributed by atoms with Gasteiger partial charge in [0, 0.05) is 36.4 Å². The average Bonchev–Trinajstić information content (AvgIpc) is 3.14. The number of hydrogen-bond acceptors (Lipinski definition) is 5. The number of anilines is 1. The lowest BCUT2D eigenvalue weighted by molar-refractivity contribution is -0.118. The number of rotatable bonds is 6. The summed E-state index contributed by atoms with van der Waals surface area (Å²) in [5.41, 5.74) is 3.98. The van der Waals surface area contributed by atoms with Gasteiger partial charge in [0.1, 0.15) is 23.6 Å². The van der Waals surface area contributed by atoms with Crippen molar-refractivity contribution in [3.05, 3.63) is 66.2 Å². The lowest BCUT2D eigenvalue weighted by Crippen LogP contribution is -2.12. The summed E-state index contributed by atoms with van der Waals surface area (Å²) in [6.07, 6.45) is 4.17. The van der Waals surface area contributed by atoms with Crippen molar-refractivity contribution >= 4 is 23.7 Å². The molecular weight excluding hydrogens is 385 g/mol. The second-order valence-corrected chi connectivity index (χ2v) is 6.75. The highest BCUT2D eigenvalue weighted by atomic mass is 19.1. The Morgan fingerprint density at radius 1 is 1.17 bits per heavy atom. The molecule has 3 aromatic heterocycles. The highest BCUT2D eigenvalue weighted by Crippen LogP contribution is 2.33. The number of fused-ring (bicyclic) bond motifs is 1. The van der Waals surface area contributed by atoms with E-state index in [2.05, 4.69) is 15.4 Å². The van der Waals surface area contributed by atoms with Crippen LogP contribution in [-0.2, 0) is 9.59 Å². The molecule has 0 fully saturated rings. The number of nitrogens with zero attached hydrogens (tertiary/aromatic N) is 4. The van der Waals surface area contributed by atoms with Gasteiger partial charge in [-0.1, -0.05) is 0 Å². The smallest absolute Gasteiger partial charge is 0.225 e. The summed E-state index contributed by atoms with van der Waals surface area (Å²) in [5.74, 6) is -0.223. The third-order valence-electron chi connectivity index (χ3n) is 4.61. The van der Waals surface area contributed by atoms with Crippen molar-refractivity contribution in [2.24, 2.45) is 0 Å². The second-order valence-electron chi connectivity index (χ2n) is 6.75. The quantitative estimate of drug-likeness (QED) is 0.494. The maximum Gasteiger partial charge on any atom is 0.225 e. The molecule has 0 unspecified atom stereocenters. The van der Waals surface area contributed by atoms with Crippen molar-refractivity contribution in [3.8, 4) is 22.5 Å². The van der Waals surface area contributed by atoms with Gasteiger partial charge in [0.15, 0.2) is 5.65 Å². The minimum Gasteiger partial charge on any atom is -0.311 e. The minimum absolute atomic E-state index is 0.0900. The normalized spacial score (nSPS) is 10.9. The van der Waals surface area contributed by atoms with Crippen LogP contribution < -0.4 is 5.32 Å². The number of pyridine rings is 1. The van der Waals surface area contributed by atoms with E-state index >= 15 is 0 Å². The molecule has 0 aliphatic heterocycles. The lowest BCUT2D eigenvalue weighted by atomic mass is 10.0. The Balaban J connectivity index is 1.82. The molecule has 0 saturated carbocycles. The van der Waals surface area contributed by atoms with Gasteiger partial charge >= 0.3 is 0 Å².